The Hall–Kier alpha value is -1.76. The SMILES string of the molecule is Cc1csc([C@@H]2CN(C(=O)c3csc4ccccc34)CCO2)n1. The zero-order valence-electron chi connectivity index (χ0n) is 12.7. The average Bonchev–Trinajstić information content (AvgIpc) is 3.20. The van der Waals surface area contributed by atoms with Crippen molar-refractivity contribution in [3.63, 3.8) is 0 Å². The highest BCUT2D eigenvalue weighted by molar-refractivity contribution is 7.17. The van der Waals surface area contributed by atoms with Gasteiger partial charge in [0, 0.05) is 33.1 Å². The van der Waals surface area contributed by atoms with Crippen molar-refractivity contribution in [3.8, 4) is 0 Å². The standard InChI is InChI=1S/C17H16N2O2S2/c1-11-9-23-16(18-11)14-8-19(6-7-21-14)17(20)13-10-22-15-5-3-2-4-12(13)15/h2-5,9-10,14H,6-8H2,1H3/t14-/m0/s1. The van der Waals surface area contributed by atoms with Gasteiger partial charge in [-0.3, -0.25) is 4.79 Å². The van der Waals surface area contributed by atoms with Crippen LogP contribution < -0.4 is 0 Å². The number of rotatable bonds is 2. The minimum atomic E-state index is -0.115. The highest BCUT2D eigenvalue weighted by atomic mass is 32.1. The lowest BCUT2D eigenvalue weighted by Crippen LogP contribution is -2.42. The molecule has 0 aliphatic carbocycles. The molecular formula is C17H16N2O2S2. The number of hydrogen-bond donors (Lipinski definition) is 0. The maximum absolute atomic E-state index is 12.9. The summed E-state index contributed by atoms with van der Waals surface area (Å²) in [6, 6.07) is 8.05. The topological polar surface area (TPSA) is 42.4 Å². The monoisotopic (exact) mass is 344 g/mol. The summed E-state index contributed by atoms with van der Waals surface area (Å²) >= 11 is 3.22. The van der Waals surface area contributed by atoms with Gasteiger partial charge in [0.2, 0.25) is 0 Å². The van der Waals surface area contributed by atoms with Gasteiger partial charge < -0.3 is 9.64 Å². The van der Waals surface area contributed by atoms with E-state index in [-0.39, 0.29) is 12.0 Å². The first-order valence-corrected chi connectivity index (χ1v) is 9.27. The summed E-state index contributed by atoms with van der Waals surface area (Å²) in [6.45, 7) is 3.72. The first kappa shape index (κ1) is 14.8. The van der Waals surface area contributed by atoms with E-state index in [0.29, 0.717) is 19.7 Å². The smallest absolute Gasteiger partial charge is 0.255 e. The van der Waals surface area contributed by atoms with Crippen LogP contribution in [0, 0.1) is 6.92 Å². The largest absolute Gasteiger partial charge is 0.367 e. The van der Waals surface area contributed by atoms with Crippen LogP contribution in [0.4, 0.5) is 0 Å². The van der Waals surface area contributed by atoms with Crippen LogP contribution in [-0.4, -0.2) is 35.5 Å². The molecule has 1 amide bonds. The van der Waals surface area contributed by atoms with Gasteiger partial charge >= 0.3 is 0 Å². The number of carbonyl (C=O) groups is 1. The summed E-state index contributed by atoms with van der Waals surface area (Å²) in [6.07, 6.45) is -0.115. The van der Waals surface area contributed by atoms with Crippen molar-refractivity contribution in [2.75, 3.05) is 19.7 Å². The van der Waals surface area contributed by atoms with Crippen LogP contribution in [0.3, 0.4) is 0 Å². The number of fused-ring (bicyclic) bond motifs is 1. The fourth-order valence-corrected chi connectivity index (χ4v) is 4.59. The van der Waals surface area contributed by atoms with Crippen LogP contribution >= 0.6 is 22.7 Å². The molecule has 0 spiro atoms. The van der Waals surface area contributed by atoms with E-state index < -0.39 is 0 Å². The van der Waals surface area contributed by atoms with E-state index >= 15 is 0 Å². The maximum Gasteiger partial charge on any atom is 0.255 e. The third kappa shape index (κ3) is 2.78. The number of aryl methyl sites for hydroxylation is 1. The number of amides is 1. The van der Waals surface area contributed by atoms with Crippen LogP contribution in [0.1, 0.15) is 27.2 Å². The first-order chi connectivity index (χ1) is 11.2. The second kappa shape index (κ2) is 6.03. The van der Waals surface area contributed by atoms with Crippen molar-refractivity contribution in [1.29, 1.82) is 0 Å². The van der Waals surface area contributed by atoms with Gasteiger partial charge in [0.25, 0.3) is 5.91 Å². The van der Waals surface area contributed by atoms with Crippen LogP contribution in [0.2, 0.25) is 0 Å². The number of hydrogen-bond acceptors (Lipinski definition) is 5. The number of benzene rings is 1. The van der Waals surface area contributed by atoms with E-state index in [1.165, 1.54) is 0 Å². The number of carbonyl (C=O) groups excluding carboxylic acids is 1. The highest BCUT2D eigenvalue weighted by Crippen LogP contribution is 2.29. The minimum Gasteiger partial charge on any atom is -0.367 e. The number of thiazole rings is 1. The zero-order valence-corrected chi connectivity index (χ0v) is 14.3. The lowest BCUT2D eigenvalue weighted by Gasteiger charge is -2.32. The Kier molecular flexibility index (Phi) is 3.88. The summed E-state index contributed by atoms with van der Waals surface area (Å²) in [5.41, 5.74) is 1.79. The normalized spacial score (nSPS) is 18.5. The third-order valence-corrected chi connectivity index (χ3v) is 6.00. The molecule has 23 heavy (non-hydrogen) atoms. The van der Waals surface area contributed by atoms with Crippen molar-refractivity contribution in [2.45, 2.75) is 13.0 Å². The quantitative estimate of drug-likeness (QED) is 0.708. The number of aromatic nitrogens is 1. The molecular weight excluding hydrogens is 328 g/mol. The predicted octanol–water partition coefficient (Wildman–Crippen LogP) is 3.88. The van der Waals surface area contributed by atoms with Crippen molar-refractivity contribution in [1.82, 2.24) is 9.88 Å². The number of morpholine rings is 1. The number of nitrogens with zero attached hydrogens (tertiary/aromatic N) is 2. The maximum atomic E-state index is 12.9. The fourth-order valence-electron chi connectivity index (χ4n) is 2.82. The Bertz CT molecular complexity index is 855. The molecule has 1 aromatic carbocycles. The van der Waals surface area contributed by atoms with Crippen molar-refractivity contribution in [3.05, 3.63) is 51.3 Å². The molecule has 0 N–H and O–H groups in total. The molecule has 0 bridgehead atoms. The predicted molar refractivity (Wildman–Crippen MR) is 93.3 cm³/mol. The molecule has 118 valence electrons. The van der Waals surface area contributed by atoms with Gasteiger partial charge in [-0.25, -0.2) is 4.98 Å². The van der Waals surface area contributed by atoms with E-state index in [4.69, 9.17) is 4.74 Å². The molecule has 6 heteroatoms. The Labute approximate surface area is 142 Å². The van der Waals surface area contributed by atoms with E-state index in [1.807, 2.05) is 40.8 Å². The van der Waals surface area contributed by atoms with Gasteiger partial charge in [-0.15, -0.1) is 22.7 Å². The van der Waals surface area contributed by atoms with Gasteiger partial charge in [-0.2, -0.15) is 0 Å². The summed E-state index contributed by atoms with van der Waals surface area (Å²) in [4.78, 5) is 19.3. The van der Waals surface area contributed by atoms with E-state index in [9.17, 15) is 4.79 Å². The molecule has 0 radical (unpaired) electrons. The van der Waals surface area contributed by atoms with Gasteiger partial charge in [0.1, 0.15) is 11.1 Å². The Morgan fingerprint density at radius 2 is 2.17 bits per heavy atom. The molecule has 1 saturated heterocycles. The van der Waals surface area contributed by atoms with Gasteiger partial charge in [0.05, 0.1) is 18.7 Å². The van der Waals surface area contributed by atoms with Crippen LogP contribution in [0.25, 0.3) is 10.1 Å². The molecule has 3 aromatic rings. The fraction of sp³-hybridized carbons (Fsp3) is 0.294. The molecule has 1 aliphatic heterocycles. The minimum absolute atomic E-state index is 0.0871. The Balaban J connectivity index is 1.58. The molecule has 1 fully saturated rings. The molecule has 1 aliphatic rings. The van der Waals surface area contributed by atoms with Crippen LogP contribution in [0.5, 0.6) is 0 Å². The van der Waals surface area contributed by atoms with E-state index in [2.05, 4.69) is 11.1 Å². The summed E-state index contributed by atoms with van der Waals surface area (Å²) in [7, 11) is 0. The molecule has 0 saturated carbocycles. The zero-order chi connectivity index (χ0) is 15.8. The molecule has 4 rings (SSSR count). The van der Waals surface area contributed by atoms with E-state index in [0.717, 1.165) is 26.4 Å². The highest BCUT2D eigenvalue weighted by Gasteiger charge is 2.28. The van der Waals surface area contributed by atoms with Crippen molar-refractivity contribution < 1.29 is 9.53 Å². The van der Waals surface area contributed by atoms with E-state index in [1.54, 1.807) is 22.7 Å². The molecule has 2 aromatic heterocycles. The lowest BCUT2D eigenvalue weighted by atomic mass is 10.1. The summed E-state index contributed by atoms with van der Waals surface area (Å²) in [5.74, 6) is 0.0871. The second-order valence-corrected chi connectivity index (χ2v) is 7.38. The van der Waals surface area contributed by atoms with Gasteiger partial charge in [-0.1, -0.05) is 18.2 Å². The number of thiophene rings is 1. The van der Waals surface area contributed by atoms with Gasteiger partial charge in [-0.05, 0) is 13.0 Å². The summed E-state index contributed by atoms with van der Waals surface area (Å²) < 4.78 is 6.97. The van der Waals surface area contributed by atoms with Gasteiger partial charge in [0.15, 0.2) is 0 Å². The molecule has 1 atom stereocenters. The first-order valence-electron chi connectivity index (χ1n) is 7.51. The lowest BCUT2D eigenvalue weighted by molar-refractivity contribution is -0.0228. The molecule has 4 nitrogen and oxygen atoms in total. The molecule has 3 heterocycles. The number of ether oxygens (including phenoxy) is 1. The Morgan fingerprint density at radius 3 is 3.00 bits per heavy atom. The Morgan fingerprint density at radius 1 is 1.30 bits per heavy atom. The summed E-state index contributed by atoms with van der Waals surface area (Å²) in [5, 5.41) is 5.97. The van der Waals surface area contributed by atoms with Crippen LogP contribution in [-0.2, 0) is 4.74 Å². The average molecular weight is 344 g/mol. The third-order valence-electron chi connectivity index (χ3n) is 3.98. The van der Waals surface area contributed by atoms with Crippen LogP contribution in [0.15, 0.2) is 35.0 Å². The van der Waals surface area contributed by atoms with Crippen molar-refractivity contribution in [2.24, 2.45) is 0 Å². The van der Waals surface area contributed by atoms with Crippen molar-refractivity contribution >= 4 is 38.7 Å². The second-order valence-electron chi connectivity index (χ2n) is 5.58. The molecule has 0 unspecified atom stereocenters.